The van der Waals surface area contributed by atoms with Crippen molar-refractivity contribution in [1.82, 2.24) is 5.32 Å². The van der Waals surface area contributed by atoms with Crippen LogP contribution < -0.4 is 15.8 Å². The normalized spacial score (nSPS) is 11.9. The summed E-state index contributed by atoms with van der Waals surface area (Å²) in [5, 5.41) is 3.13. The Morgan fingerprint density at radius 3 is 2.83 bits per heavy atom. The molecule has 98 valence electrons. The summed E-state index contributed by atoms with van der Waals surface area (Å²) in [5.41, 5.74) is 6.87. The van der Waals surface area contributed by atoms with Gasteiger partial charge in [-0.2, -0.15) is 0 Å². The van der Waals surface area contributed by atoms with Crippen LogP contribution in [0.4, 0.5) is 5.69 Å². The van der Waals surface area contributed by atoms with E-state index in [0.717, 1.165) is 6.42 Å². The van der Waals surface area contributed by atoms with Crippen LogP contribution in [0.25, 0.3) is 0 Å². The third-order valence-electron chi connectivity index (χ3n) is 2.75. The molecule has 0 fully saturated rings. The highest BCUT2D eigenvalue weighted by molar-refractivity contribution is 6.01. The first kappa shape index (κ1) is 14.3. The third kappa shape index (κ3) is 3.34. The molecule has 4 nitrogen and oxygen atoms in total. The molecule has 3 N–H and O–H groups in total. The van der Waals surface area contributed by atoms with E-state index >= 15 is 0 Å². The second kappa shape index (κ2) is 6.81. The van der Waals surface area contributed by atoms with Gasteiger partial charge in [0.2, 0.25) is 0 Å². The molecule has 1 aromatic carbocycles. The van der Waals surface area contributed by atoms with Gasteiger partial charge in [0.05, 0.1) is 18.8 Å². The smallest absolute Gasteiger partial charge is 0.179 e. The molecule has 18 heavy (non-hydrogen) atoms. The van der Waals surface area contributed by atoms with Crippen LogP contribution in [0.2, 0.25) is 0 Å². The molecule has 0 amide bonds. The van der Waals surface area contributed by atoms with Gasteiger partial charge in [0, 0.05) is 12.1 Å². The zero-order valence-electron chi connectivity index (χ0n) is 10.9. The molecule has 0 spiro atoms. The van der Waals surface area contributed by atoms with Crippen molar-refractivity contribution < 1.29 is 9.53 Å². The fourth-order valence-corrected chi connectivity index (χ4v) is 1.74. The van der Waals surface area contributed by atoms with Crippen molar-refractivity contribution in [1.29, 1.82) is 0 Å². The number of nitrogens with two attached hydrogens (primary N) is 1. The largest absolute Gasteiger partial charge is 0.495 e. The number of nitrogens with one attached hydrogen (secondary N) is 1. The van der Waals surface area contributed by atoms with Crippen molar-refractivity contribution in [3.8, 4) is 5.75 Å². The molecule has 0 aliphatic heterocycles. The van der Waals surface area contributed by atoms with Gasteiger partial charge in [0.25, 0.3) is 0 Å². The second-order valence-corrected chi connectivity index (χ2v) is 3.98. The van der Waals surface area contributed by atoms with Crippen LogP contribution in [0, 0.1) is 0 Å². The predicted octanol–water partition coefficient (Wildman–Crippen LogP) is 2.01. The first-order chi connectivity index (χ1) is 8.63. The number of methoxy groups -OCH3 is 1. The molecule has 4 heteroatoms. The summed E-state index contributed by atoms with van der Waals surface area (Å²) in [6.07, 6.45) is 2.46. The van der Waals surface area contributed by atoms with Gasteiger partial charge in [0.15, 0.2) is 5.78 Å². The third-order valence-corrected chi connectivity index (χ3v) is 2.75. The van der Waals surface area contributed by atoms with Crippen LogP contribution in [-0.2, 0) is 0 Å². The molecule has 0 heterocycles. The summed E-state index contributed by atoms with van der Waals surface area (Å²) < 4.78 is 5.07. The van der Waals surface area contributed by atoms with Crippen molar-refractivity contribution in [2.45, 2.75) is 19.4 Å². The Morgan fingerprint density at radius 2 is 2.33 bits per heavy atom. The van der Waals surface area contributed by atoms with Gasteiger partial charge in [-0.1, -0.05) is 13.0 Å². The molecule has 0 saturated carbocycles. The summed E-state index contributed by atoms with van der Waals surface area (Å²) in [6.45, 7) is 6.20. The van der Waals surface area contributed by atoms with Crippen LogP contribution in [0.1, 0.15) is 23.7 Å². The number of hydrogen-bond donors (Lipinski definition) is 2. The molecule has 0 bridgehead atoms. The lowest BCUT2D eigenvalue weighted by Gasteiger charge is -2.15. The molecule has 0 saturated heterocycles. The summed E-state index contributed by atoms with van der Waals surface area (Å²) in [4.78, 5) is 12.2. The highest BCUT2D eigenvalue weighted by atomic mass is 16.5. The van der Waals surface area contributed by atoms with E-state index in [1.807, 2.05) is 6.92 Å². The van der Waals surface area contributed by atoms with Gasteiger partial charge in [-0.3, -0.25) is 4.79 Å². The molecule has 0 aliphatic carbocycles. The Kier molecular flexibility index (Phi) is 5.39. The van der Waals surface area contributed by atoms with E-state index in [-0.39, 0.29) is 11.8 Å². The van der Waals surface area contributed by atoms with E-state index in [1.54, 1.807) is 31.4 Å². The van der Waals surface area contributed by atoms with E-state index in [1.165, 1.54) is 0 Å². The maximum atomic E-state index is 12.2. The lowest BCUT2D eigenvalue weighted by atomic mass is 10.0. The minimum atomic E-state index is -0.212. The van der Waals surface area contributed by atoms with Crippen LogP contribution >= 0.6 is 0 Å². The maximum absolute atomic E-state index is 12.2. The number of ketones is 1. The summed E-state index contributed by atoms with van der Waals surface area (Å²) >= 11 is 0. The molecule has 1 rings (SSSR count). The Labute approximate surface area is 108 Å². The topological polar surface area (TPSA) is 64.3 Å². The van der Waals surface area contributed by atoms with Gasteiger partial charge in [-0.15, -0.1) is 6.58 Å². The lowest BCUT2D eigenvalue weighted by Crippen LogP contribution is -2.36. The number of benzene rings is 1. The van der Waals surface area contributed by atoms with Gasteiger partial charge in [-0.05, 0) is 24.6 Å². The molecule has 0 radical (unpaired) electrons. The lowest BCUT2D eigenvalue weighted by molar-refractivity contribution is 0.0942. The number of nitrogen functional groups attached to an aromatic ring is 1. The van der Waals surface area contributed by atoms with Crippen LogP contribution in [0.5, 0.6) is 5.75 Å². The Hall–Kier alpha value is -1.81. The van der Waals surface area contributed by atoms with E-state index in [0.29, 0.717) is 23.5 Å². The summed E-state index contributed by atoms with van der Waals surface area (Å²) in [5.74, 6) is 0.618. The molecular weight excluding hydrogens is 228 g/mol. The zero-order chi connectivity index (χ0) is 13.5. The van der Waals surface area contributed by atoms with Crippen molar-refractivity contribution in [3.63, 3.8) is 0 Å². The molecule has 1 aromatic rings. The fraction of sp³-hybridized carbons (Fsp3) is 0.357. The fourth-order valence-electron chi connectivity index (χ4n) is 1.74. The standard InChI is InChI=1S/C14H20N2O2/c1-4-8-16-12(5-2)14(17)10-6-7-13(18-3)11(15)9-10/h4,6-7,9,12,16H,1,5,8,15H2,2-3H3. The number of Topliss-reactive ketones (excluding diaryl/α,β-unsaturated/α-hetero) is 1. The number of anilines is 1. The summed E-state index contributed by atoms with van der Waals surface area (Å²) in [6, 6.07) is 4.88. The molecule has 1 unspecified atom stereocenters. The number of carbonyl (C=O) groups excluding carboxylic acids is 1. The first-order valence-corrected chi connectivity index (χ1v) is 5.96. The molecular formula is C14H20N2O2. The molecule has 0 aliphatic rings. The monoisotopic (exact) mass is 248 g/mol. The second-order valence-electron chi connectivity index (χ2n) is 3.98. The van der Waals surface area contributed by atoms with Crippen LogP contribution in [-0.4, -0.2) is 25.5 Å². The predicted molar refractivity (Wildman–Crippen MR) is 74.0 cm³/mol. The Bertz CT molecular complexity index is 430. The molecule has 1 atom stereocenters. The highest BCUT2D eigenvalue weighted by Crippen LogP contribution is 2.22. The average molecular weight is 248 g/mol. The van der Waals surface area contributed by atoms with E-state index in [2.05, 4.69) is 11.9 Å². The van der Waals surface area contributed by atoms with E-state index in [9.17, 15) is 4.79 Å². The Morgan fingerprint density at radius 1 is 1.61 bits per heavy atom. The van der Waals surface area contributed by atoms with Gasteiger partial charge in [0.1, 0.15) is 5.75 Å². The van der Waals surface area contributed by atoms with E-state index in [4.69, 9.17) is 10.5 Å². The minimum absolute atomic E-state index is 0.0358. The van der Waals surface area contributed by atoms with Crippen LogP contribution in [0.3, 0.4) is 0 Å². The number of carbonyl (C=O) groups is 1. The van der Waals surface area contributed by atoms with Gasteiger partial charge < -0.3 is 15.8 Å². The SMILES string of the molecule is C=CCNC(CC)C(=O)c1ccc(OC)c(N)c1. The van der Waals surface area contributed by atoms with Gasteiger partial charge in [-0.25, -0.2) is 0 Å². The van der Waals surface area contributed by atoms with Crippen molar-refractivity contribution in [3.05, 3.63) is 36.4 Å². The first-order valence-electron chi connectivity index (χ1n) is 5.96. The highest BCUT2D eigenvalue weighted by Gasteiger charge is 2.18. The number of rotatable bonds is 7. The molecule has 0 aromatic heterocycles. The number of hydrogen-bond acceptors (Lipinski definition) is 4. The van der Waals surface area contributed by atoms with Crippen molar-refractivity contribution >= 4 is 11.5 Å². The van der Waals surface area contributed by atoms with Gasteiger partial charge >= 0.3 is 0 Å². The van der Waals surface area contributed by atoms with Crippen LogP contribution in [0.15, 0.2) is 30.9 Å². The number of ether oxygens (including phenoxy) is 1. The quantitative estimate of drug-likeness (QED) is 0.440. The minimum Gasteiger partial charge on any atom is -0.495 e. The van der Waals surface area contributed by atoms with Crippen molar-refractivity contribution in [2.24, 2.45) is 0 Å². The summed E-state index contributed by atoms with van der Waals surface area (Å²) in [7, 11) is 1.55. The Balaban J connectivity index is 2.88. The van der Waals surface area contributed by atoms with Crippen molar-refractivity contribution in [2.75, 3.05) is 19.4 Å². The average Bonchev–Trinajstić information content (AvgIpc) is 2.39. The van der Waals surface area contributed by atoms with E-state index < -0.39 is 0 Å². The zero-order valence-corrected chi connectivity index (χ0v) is 10.9. The maximum Gasteiger partial charge on any atom is 0.179 e.